The average Bonchev–Trinajstić information content (AvgIpc) is 3.20. The summed E-state index contributed by atoms with van der Waals surface area (Å²) in [5.74, 6) is 6.16. The minimum atomic E-state index is -0.572. The van der Waals surface area contributed by atoms with E-state index >= 15 is 0 Å². The van der Waals surface area contributed by atoms with E-state index in [0.29, 0.717) is 10.8 Å². The van der Waals surface area contributed by atoms with Crippen molar-refractivity contribution in [1.82, 2.24) is 5.43 Å². The highest BCUT2D eigenvalue weighted by atomic mass is 16.2. The lowest BCUT2D eigenvalue weighted by Gasteiger charge is -2.58. The van der Waals surface area contributed by atoms with Crippen LogP contribution in [0.2, 0.25) is 0 Å². The van der Waals surface area contributed by atoms with Gasteiger partial charge in [-0.15, -0.1) is 0 Å². The molecule has 0 aromatic rings. The molecule has 4 fully saturated rings. The number of primary amides is 1. The Hall–Kier alpha value is -1.06. The summed E-state index contributed by atoms with van der Waals surface area (Å²) in [5, 5.41) is 4.20. The van der Waals surface area contributed by atoms with E-state index in [9.17, 15) is 4.79 Å². The van der Waals surface area contributed by atoms with E-state index in [0.717, 1.165) is 41.4 Å². The summed E-state index contributed by atoms with van der Waals surface area (Å²) in [7, 11) is 0. The SMILES string of the molecule is CC(C)CCC[C@@H](C)[C@H]1CC[C@H]2[C@@H]3CC[C@H]4C[C@@](C)(/C=N/NC(N)=O)C[C@]4(C)[C@H]3CC[C@]12C. The predicted octanol–water partition coefficient (Wildman–Crippen LogP) is 7.38. The van der Waals surface area contributed by atoms with Crippen molar-refractivity contribution >= 4 is 12.2 Å². The molecule has 4 heteroatoms. The largest absolute Gasteiger partial charge is 0.350 e. The molecule has 4 rings (SSSR count). The molecular weight excluding hydrogens is 406 g/mol. The normalized spacial score (nSPS) is 45.6. The molecule has 33 heavy (non-hydrogen) atoms. The number of carbonyl (C=O) groups is 1. The topological polar surface area (TPSA) is 67.5 Å². The molecule has 4 aliphatic carbocycles. The fourth-order valence-corrected chi connectivity index (χ4v) is 10.0. The van der Waals surface area contributed by atoms with Gasteiger partial charge >= 0.3 is 6.03 Å². The summed E-state index contributed by atoms with van der Waals surface area (Å²) >= 11 is 0. The zero-order valence-electron chi connectivity index (χ0n) is 22.3. The molecule has 0 spiro atoms. The minimum absolute atomic E-state index is 0.0701. The maximum Gasteiger partial charge on any atom is 0.332 e. The highest BCUT2D eigenvalue weighted by Gasteiger charge is 2.63. The molecule has 0 aromatic carbocycles. The molecule has 0 bridgehead atoms. The number of nitrogens with one attached hydrogen (secondary N) is 1. The fraction of sp³-hybridized carbons (Fsp3) is 0.931. The Labute approximate surface area is 203 Å². The van der Waals surface area contributed by atoms with E-state index in [-0.39, 0.29) is 5.41 Å². The molecule has 4 aliphatic rings. The summed E-state index contributed by atoms with van der Waals surface area (Å²) in [6.45, 7) is 15.0. The summed E-state index contributed by atoms with van der Waals surface area (Å²) < 4.78 is 0. The standard InChI is InChI=1S/C29H51N3O/c1-19(2)8-7-9-20(3)23-12-13-24-22-11-10-21-16-27(4,18-31-32-26(30)33)17-29(21,6)25(22)14-15-28(23,24)5/h18-25H,7-17H2,1-6H3,(H3,30,32,33)/b31-18+/t20-,21+,22+,23-,24+,25+,27-,28-,29+/m1/s1. The van der Waals surface area contributed by atoms with Gasteiger partial charge in [0.2, 0.25) is 0 Å². The highest BCUT2D eigenvalue weighted by molar-refractivity contribution is 5.74. The third-order valence-corrected chi connectivity index (χ3v) is 11.3. The van der Waals surface area contributed by atoms with Gasteiger partial charge < -0.3 is 5.73 Å². The molecule has 0 radical (unpaired) electrons. The number of carbonyl (C=O) groups excluding carboxylic acids is 1. The van der Waals surface area contributed by atoms with Gasteiger partial charge in [-0.2, -0.15) is 5.10 Å². The smallest absolute Gasteiger partial charge is 0.332 e. The lowest BCUT2D eigenvalue weighted by molar-refractivity contribution is -0.0908. The number of urea groups is 1. The average molecular weight is 458 g/mol. The van der Waals surface area contributed by atoms with Crippen LogP contribution in [0.1, 0.15) is 112 Å². The molecule has 4 nitrogen and oxygen atoms in total. The first-order valence-electron chi connectivity index (χ1n) is 14.1. The number of nitrogens with zero attached hydrogens (tertiary/aromatic N) is 1. The van der Waals surface area contributed by atoms with E-state index < -0.39 is 6.03 Å². The summed E-state index contributed by atoms with van der Waals surface area (Å²) in [5.41, 5.74) is 8.70. The number of hydrogen-bond acceptors (Lipinski definition) is 2. The van der Waals surface area contributed by atoms with Crippen molar-refractivity contribution in [3.8, 4) is 0 Å². The molecule has 0 saturated heterocycles. The van der Waals surface area contributed by atoms with Crippen LogP contribution < -0.4 is 11.2 Å². The maximum atomic E-state index is 11.1. The van der Waals surface area contributed by atoms with E-state index in [1.165, 1.54) is 70.6 Å². The number of hydrogen-bond donors (Lipinski definition) is 2. The molecule has 188 valence electrons. The van der Waals surface area contributed by atoms with Gasteiger partial charge in [0.1, 0.15) is 0 Å². The molecule has 0 aliphatic heterocycles. The van der Waals surface area contributed by atoms with Crippen molar-refractivity contribution in [1.29, 1.82) is 0 Å². The Bertz CT molecular complexity index is 749. The van der Waals surface area contributed by atoms with Crippen LogP contribution in [-0.4, -0.2) is 12.2 Å². The fourth-order valence-electron chi connectivity index (χ4n) is 10.0. The molecule has 3 N–H and O–H groups in total. The van der Waals surface area contributed by atoms with E-state index in [1.807, 2.05) is 6.21 Å². The molecule has 4 saturated carbocycles. The van der Waals surface area contributed by atoms with Gasteiger partial charge in [0.05, 0.1) is 0 Å². The Kier molecular flexibility index (Phi) is 6.97. The Morgan fingerprint density at radius 3 is 2.45 bits per heavy atom. The minimum Gasteiger partial charge on any atom is -0.350 e. The Morgan fingerprint density at radius 1 is 1.03 bits per heavy atom. The first kappa shape index (κ1) is 25.0. The number of rotatable bonds is 7. The Balaban J connectivity index is 1.46. The van der Waals surface area contributed by atoms with Crippen molar-refractivity contribution in [3.63, 3.8) is 0 Å². The summed E-state index contributed by atoms with van der Waals surface area (Å²) in [6.07, 6.45) is 17.2. The lowest BCUT2D eigenvalue weighted by Crippen LogP contribution is -2.51. The van der Waals surface area contributed by atoms with Gasteiger partial charge in [-0.1, -0.05) is 60.8 Å². The van der Waals surface area contributed by atoms with Gasteiger partial charge in [-0.25, -0.2) is 10.2 Å². The van der Waals surface area contributed by atoms with Crippen LogP contribution in [0.5, 0.6) is 0 Å². The third kappa shape index (κ3) is 4.61. The van der Waals surface area contributed by atoms with Crippen molar-refractivity contribution in [2.75, 3.05) is 0 Å². The zero-order valence-corrected chi connectivity index (χ0v) is 22.3. The number of amides is 2. The molecule has 9 atom stereocenters. The zero-order chi connectivity index (χ0) is 24.0. The van der Waals surface area contributed by atoms with Crippen LogP contribution in [0.3, 0.4) is 0 Å². The van der Waals surface area contributed by atoms with Gasteiger partial charge in [-0.3, -0.25) is 0 Å². The van der Waals surface area contributed by atoms with Crippen molar-refractivity contribution < 1.29 is 4.79 Å². The molecule has 0 aromatic heterocycles. The molecular formula is C29H51N3O. The monoisotopic (exact) mass is 457 g/mol. The lowest BCUT2D eigenvalue weighted by atomic mass is 9.47. The predicted molar refractivity (Wildman–Crippen MR) is 138 cm³/mol. The number of fused-ring (bicyclic) bond motifs is 5. The van der Waals surface area contributed by atoms with Crippen LogP contribution in [0.15, 0.2) is 5.10 Å². The van der Waals surface area contributed by atoms with Crippen molar-refractivity contribution in [3.05, 3.63) is 0 Å². The maximum absolute atomic E-state index is 11.1. The van der Waals surface area contributed by atoms with E-state index in [2.05, 4.69) is 52.1 Å². The van der Waals surface area contributed by atoms with Crippen molar-refractivity contribution in [2.24, 2.45) is 68.5 Å². The second kappa shape index (κ2) is 9.19. The quantitative estimate of drug-likeness (QED) is 0.304. The van der Waals surface area contributed by atoms with Crippen LogP contribution in [0.25, 0.3) is 0 Å². The molecule has 0 heterocycles. The van der Waals surface area contributed by atoms with Crippen LogP contribution in [0, 0.1) is 57.7 Å². The van der Waals surface area contributed by atoms with Gasteiger partial charge in [0.15, 0.2) is 0 Å². The third-order valence-electron chi connectivity index (χ3n) is 11.3. The first-order valence-corrected chi connectivity index (χ1v) is 14.1. The molecule has 0 unspecified atom stereocenters. The second-order valence-electron chi connectivity index (χ2n) is 14.0. The van der Waals surface area contributed by atoms with Crippen molar-refractivity contribution in [2.45, 2.75) is 112 Å². The van der Waals surface area contributed by atoms with Gasteiger partial charge in [0.25, 0.3) is 0 Å². The van der Waals surface area contributed by atoms with E-state index in [4.69, 9.17) is 5.73 Å². The Morgan fingerprint density at radius 2 is 1.76 bits per heavy atom. The van der Waals surface area contributed by atoms with Crippen LogP contribution in [0.4, 0.5) is 4.79 Å². The van der Waals surface area contributed by atoms with Gasteiger partial charge in [0, 0.05) is 11.6 Å². The number of nitrogens with two attached hydrogens (primary N) is 1. The van der Waals surface area contributed by atoms with E-state index in [1.54, 1.807) is 0 Å². The first-order chi connectivity index (χ1) is 15.5. The number of hydrazone groups is 1. The highest BCUT2D eigenvalue weighted by Crippen LogP contribution is 2.70. The second-order valence-corrected chi connectivity index (χ2v) is 14.0. The molecule has 2 amide bonds. The van der Waals surface area contributed by atoms with Crippen LogP contribution >= 0.6 is 0 Å². The summed E-state index contributed by atoms with van der Waals surface area (Å²) in [4.78, 5) is 11.1. The van der Waals surface area contributed by atoms with Crippen LogP contribution in [-0.2, 0) is 0 Å². The summed E-state index contributed by atoms with van der Waals surface area (Å²) in [6, 6.07) is -0.572. The van der Waals surface area contributed by atoms with Gasteiger partial charge in [-0.05, 0) is 104 Å².